The zero-order valence-electron chi connectivity index (χ0n) is 17.2. The quantitative estimate of drug-likeness (QED) is 0.488. The Labute approximate surface area is 179 Å². The van der Waals surface area contributed by atoms with Crippen molar-refractivity contribution in [1.82, 2.24) is 4.98 Å². The first kappa shape index (κ1) is 19.4. The van der Waals surface area contributed by atoms with Gasteiger partial charge >= 0.3 is 5.97 Å². The third-order valence-electron chi connectivity index (χ3n) is 6.17. The van der Waals surface area contributed by atoms with Gasteiger partial charge in [0.25, 0.3) is 0 Å². The first-order chi connectivity index (χ1) is 15.1. The van der Waals surface area contributed by atoms with E-state index >= 15 is 0 Å². The minimum atomic E-state index is -0.594. The molecule has 1 atom stereocenters. The van der Waals surface area contributed by atoms with Crippen LogP contribution in [0.4, 0.5) is 11.4 Å². The first-order valence-corrected chi connectivity index (χ1v) is 10.6. The van der Waals surface area contributed by atoms with Crippen LogP contribution < -0.4 is 10.2 Å². The predicted molar refractivity (Wildman–Crippen MR) is 118 cm³/mol. The molecule has 0 bridgehead atoms. The molecule has 1 saturated heterocycles. The lowest BCUT2D eigenvalue weighted by Crippen LogP contribution is -2.43. The van der Waals surface area contributed by atoms with Crippen LogP contribution in [0.3, 0.4) is 0 Å². The van der Waals surface area contributed by atoms with Gasteiger partial charge in [0.1, 0.15) is 6.04 Å². The SMILES string of the molecule is CCc1cccc2c(C(=O)COC(=O)c3ccc4c(c3)NC(=O)[C@@H]3CCCN43)c[nH]c12. The number of carbonyl (C=O) groups excluding carboxylic acids is 3. The lowest BCUT2D eigenvalue weighted by molar-refractivity contribution is -0.117. The van der Waals surface area contributed by atoms with Crippen molar-refractivity contribution in [3.63, 3.8) is 0 Å². The number of rotatable bonds is 5. The number of Topliss-reactive ketones (excluding diaryl/α,β-unsaturated/α-hetero) is 1. The molecule has 2 aliphatic rings. The Morgan fingerprint density at radius 3 is 2.94 bits per heavy atom. The summed E-state index contributed by atoms with van der Waals surface area (Å²) in [6, 6.07) is 10.8. The van der Waals surface area contributed by atoms with Gasteiger partial charge in [-0.1, -0.05) is 25.1 Å². The highest BCUT2D eigenvalue weighted by Crippen LogP contribution is 2.37. The lowest BCUT2D eigenvalue weighted by Gasteiger charge is -2.33. The first-order valence-electron chi connectivity index (χ1n) is 10.6. The number of para-hydroxylation sites is 1. The molecular weight excluding hydrogens is 394 g/mol. The van der Waals surface area contributed by atoms with Gasteiger partial charge in [-0.3, -0.25) is 9.59 Å². The molecule has 31 heavy (non-hydrogen) atoms. The van der Waals surface area contributed by atoms with Crippen molar-refractivity contribution in [3.8, 4) is 0 Å². The van der Waals surface area contributed by atoms with Gasteiger partial charge in [-0.05, 0) is 43.0 Å². The number of aromatic amines is 1. The average Bonchev–Trinajstić information content (AvgIpc) is 3.44. The Morgan fingerprint density at radius 1 is 1.23 bits per heavy atom. The van der Waals surface area contributed by atoms with E-state index < -0.39 is 5.97 Å². The van der Waals surface area contributed by atoms with Crippen LogP contribution in [0.2, 0.25) is 0 Å². The third-order valence-corrected chi connectivity index (χ3v) is 6.17. The Kier molecular flexibility index (Phi) is 4.73. The van der Waals surface area contributed by atoms with Crippen LogP contribution in [0, 0.1) is 0 Å². The molecule has 3 heterocycles. The molecule has 0 radical (unpaired) electrons. The van der Waals surface area contributed by atoms with Crippen LogP contribution in [-0.4, -0.2) is 41.8 Å². The topological polar surface area (TPSA) is 91.5 Å². The molecule has 3 aromatic rings. The molecule has 7 heteroatoms. The molecular formula is C24H23N3O4. The van der Waals surface area contributed by atoms with Crippen LogP contribution in [0.25, 0.3) is 10.9 Å². The number of ether oxygens (including phenoxy) is 1. The number of hydrogen-bond acceptors (Lipinski definition) is 5. The molecule has 2 N–H and O–H groups in total. The van der Waals surface area contributed by atoms with Crippen LogP contribution in [0.15, 0.2) is 42.6 Å². The van der Waals surface area contributed by atoms with Gasteiger partial charge in [0.2, 0.25) is 11.7 Å². The summed E-state index contributed by atoms with van der Waals surface area (Å²) in [6.07, 6.45) is 4.33. The van der Waals surface area contributed by atoms with E-state index in [1.165, 1.54) is 0 Å². The van der Waals surface area contributed by atoms with Gasteiger partial charge in [-0.15, -0.1) is 0 Å². The number of carbonyl (C=O) groups is 3. The summed E-state index contributed by atoms with van der Waals surface area (Å²) < 4.78 is 5.29. The van der Waals surface area contributed by atoms with Gasteiger partial charge in [0.15, 0.2) is 6.61 Å². The molecule has 7 nitrogen and oxygen atoms in total. The van der Waals surface area contributed by atoms with Crippen molar-refractivity contribution in [2.75, 3.05) is 23.4 Å². The summed E-state index contributed by atoms with van der Waals surface area (Å²) in [5, 5.41) is 3.72. The fourth-order valence-corrected chi connectivity index (χ4v) is 4.59. The summed E-state index contributed by atoms with van der Waals surface area (Å²) in [7, 11) is 0. The number of esters is 1. The third kappa shape index (κ3) is 3.26. The fraction of sp³-hybridized carbons (Fsp3) is 0.292. The number of aryl methyl sites for hydroxylation is 1. The van der Waals surface area contributed by atoms with Gasteiger partial charge in [-0.25, -0.2) is 4.79 Å². The number of nitrogens with one attached hydrogen (secondary N) is 2. The zero-order chi connectivity index (χ0) is 21.5. The Balaban J connectivity index is 1.31. The van der Waals surface area contributed by atoms with E-state index in [9.17, 15) is 14.4 Å². The number of nitrogens with zero attached hydrogens (tertiary/aromatic N) is 1. The molecule has 0 aliphatic carbocycles. The standard InChI is InChI=1S/C24H23N3O4/c1-2-14-5-3-6-16-17(12-25-22(14)16)21(28)13-31-24(30)15-8-9-19-18(11-15)26-23(29)20-7-4-10-27(19)20/h3,5-6,8-9,11-12,20,25H,2,4,7,10,13H2,1H3,(H,26,29)/t20-/m0/s1. The van der Waals surface area contributed by atoms with E-state index in [2.05, 4.69) is 22.1 Å². The Bertz CT molecular complexity index is 1210. The number of ketones is 1. The maximum atomic E-state index is 12.7. The van der Waals surface area contributed by atoms with Crippen LogP contribution >= 0.6 is 0 Å². The van der Waals surface area contributed by atoms with E-state index in [0.717, 1.165) is 48.0 Å². The van der Waals surface area contributed by atoms with E-state index in [-0.39, 0.29) is 24.3 Å². The number of H-pyrrole nitrogens is 1. The predicted octanol–water partition coefficient (Wildman–Crippen LogP) is 3.69. The molecule has 0 saturated carbocycles. The van der Waals surface area contributed by atoms with Gasteiger partial charge in [0, 0.05) is 29.2 Å². The van der Waals surface area contributed by atoms with Crippen molar-refractivity contribution >= 4 is 39.9 Å². The highest BCUT2D eigenvalue weighted by atomic mass is 16.5. The van der Waals surface area contributed by atoms with Crippen molar-refractivity contribution in [3.05, 3.63) is 59.3 Å². The Hall–Kier alpha value is -3.61. The van der Waals surface area contributed by atoms with Crippen LogP contribution in [-0.2, 0) is 16.0 Å². The molecule has 1 aromatic heterocycles. The monoisotopic (exact) mass is 417 g/mol. The normalized spacial score (nSPS) is 17.3. The largest absolute Gasteiger partial charge is 0.454 e. The summed E-state index contributed by atoms with van der Waals surface area (Å²) >= 11 is 0. The van der Waals surface area contributed by atoms with Gasteiger partial charge in [0.05, 0.1) is 16.9 Å². The fourth-order valence-electron chi connectivity index (χ4n) is 4.59. The number of amides is 1. The molecule has 1 amide bonds. The zero-order valence-corrected chi connectivity index (χ0v) is 17.2. The minimum Gasteiger partial charge on any atom is -0.454 e. The highest BCUT2D eigenvalue weighted by molar-refractivity contribution is 6.10. The van der Waals surface area contributed by atoms with E-state index in [4.69, 9.17) is 4.74 Å². The molecule has 2 aromatic carbocycles. The molecule has 0 spiro atoms. The average molecular weight is 417 g/mol. The van der Waals surface area contributed by atoms with Gasteiger partial charge < -0.3 is 19.9 Å². The van der Waals surface area contributed by atoms with E-state index in [1.807, 2.05) is 24.3 Å². The van der Waals surface area contributed by atoms with Crippen molar-refractivity contribution in [1.29, 1.82) is 0 Å². The molecule has 5 rings (SSSR count). The van der Waals surface area contributed by atoms with Crippen LogP contribution in [0.1, 0.15) is 46.0 Å². The van der Waals surface area contributed by atoms with Crippen molar-refractivity contribution < 1.29 is 19.1 Å². The lowest BCUT2D eigenvalue weighted by atomic mass is 10.1. The van der Waals surface area contributed by atoms with Crippen molar-refractivity contribution in [2.24, 2.45) is 0 Å². The molecule has 0 unspecified atom stereocenters. The summed E-state index contributed by atoms with van der Waals surface area (Å²) in [4.78, 5) is 42.8. The minimum absolute atomic E-state index is 0.0449. The van der Waals surface area contributed by atoms with E-state index in [1.54, 1.807) is 18.3 Å². The molecule has 1 fully saturated rings. The summed E-state index contributed by atoms with van der Waals surface area (Å²) in [6.45, 7) is 2.54. The van der Waals surface area contributed by atoms with E-state index in [0.29, 0.717) is 16.8 Å². The second-order valence-electron chi connectivity index (χ2n) is 7.97. The number of aromatic nitrogens is 1. The van der Waals surface area contributed by atoms with Crippen molar-refractivity contribution in [2.45, 2.75) is 32.2 Å². The molecule has 2 aliphatic heterocycles. The second-order valence-corrected chi connectivity index (χ2v) is 7.97. The Morgan fingerprint density at radius 2 is 2.10 bits per heavy atom. The van der Waals surface area contributed by atoms with Gasteiger partial charge in [-0.2, -0.15) is 0 Å². The number of hydrogen-bond donors (Lipinski definition) is 2. The molecule has 158 valence electrons. The summed E-state index contributed by atoms with van der Waals surface area (Å²) in [5.41, 5.74) is 4.40. The van der Waals surface area contributed by atoms with Crippen LogP contribution in [0.5, 0.6) is 0 Å². The smallest absolute Gasteiger partial charge is 0.338 e. The maximum absolute atomic E-state index is 12.7. The second kappa shape index (κ2) is 7.58. The number of fused-ring (bicyclic) bond motifs is 4. The summed E-state index contributed by atoms with van der Waals surface area (Å²) in [5.74, 6) is -0.904. The number of benzene rings is 2. The maximum Gasteiger partial charge on any atom is 0.338 e. The number of anilines is 2. The highest BCUT2D eigenvalue weighted by Gasteiger charge is 2.36.